The summed E-state index contributed by atoms with van der Waals surface area (Å²) in [5.74, 6) is -0.335. The summed E-state index contributed by atoms with van der Waals surface area (Å²) in [7, 11) is 11.6. The van der Waals surface area contributed by atoms with E-state index in [-0.39, 0.29) is 56.3 Å². The lowest BCUT2D eigenvalue weighted by molar-refractivity contribution is -0.133. The van der Waals surface area contributed by atoms with E-state index in [1.807, 2.05) is 34.7 Å². The molecule has 8 amide bonds. The summed E-state index contributed by atoms with van der Waals surface area (Å²) in [5, 5.41) is 15.0. The van der Waals surface area contributed by atoms with Crippen LogP contribution >= 0.6 is 0 Å². The highest BCUT2D eigenvalue weighted by Gasteiger charge is 2.08. The molecule has 0 aromatic rings. The number of nitrogens with zero attached hydrogens (tertiary/aromatic N) is 6. The molecule has 0 atom stereocenters. The van der Waals surface area contributed by atoms with Crippen molar-refractivity contribution in [2.75, 3.05) is 108 Å². The number of hydrogen-bond acceptors (Lipinski definition) is 10. The van der Waals surface area contributed by atoms with Crippen molar-refractivity contribution in [3.63, 3.8) is 0 Å². The highest BCUT2D eigenvalue weighted by atomic mass is 16.3. The maximum atomic E-state index is 11.1. The third kappa shape index (κ3) is 50.2. The fraction of sp³-hybridized carbons (Fsp3) is 0.700. The van der Waals surface area contributed by atoms with Gasteiger partial charge in [0.2, 0.25) is 49.3 Å². The van der Waals surface area contributed by atoms with Gasteiger partial charge in [-0.15, -0.1) is 0 Å². The quantitative estimate of drug-likeness (QED) is 0.115. The van der Waals surface area contributed by atoms with E-state index in [0.717, 1.165) is 6.54 Å². The SMILES string of the molecule is CCN(C)C(=O)CN(C)C=O.CCN(C)C(=O)CN(C)C=O.CCNC.CCNC(=O)CN(C)C=O.CCNC(=O)CN(C)C=O.O=CO. The summed E-state index contributed by atoms with van der Waals surface area (Å²) in [4.78, 5) is 100. The number of amides is 8. The van der Waals surface area contributed by atoms with Gasteiger partial charge in [0.05, 0.1) is 26.2 Å². The van der Waals surface area contributed by atoms with Crippen LogP contribution in [-0.2, 0) is 43.2 Å². The van der Waals surface area contributed by atoms with Crippen LogP contribution in [0.2, 0.25) is 0 Å². The van der Waals surface area contributed by atoms with Crippen LogP contribution in [0.15, 0.2) is 0 Å². The Bertz CT molecular complexity index is 817. The molecule has 0 saturated heterocycles. The molecule has 288 valence electrons. The molecule has 0 saturated carbocycles. The third-order valence-electron chi connectivity index (χ3n) is 5.18. The molecule has 0 aliphatic carbocycles. The number of carbonyl (C=O) groups excluding carboxylic acids is 8. The van der Waals surface area contributed by atoms with E-state index in [2.05, 4.69) is 22.9 Å². The highest BCUT2D eigenvalue weighted by Crippen LogP contribution is 1.86. The van der Waals surface area contributed by atoms with Gasteiger partial charge in [-0.1, -0.05) is 6.92 Å². The van der Waals surface area contributed by atoms with Gasteiger partial charge in [0.15, 0.2) is 0 Å². The summed E-state index contributed by atoms with van der Waals surface area (Å²) < 4.78 is 0. The minimum absolute atomic E-state index is 0.0397. The Morgan fingerprint density at radius 2 is 0.735 bits per heavy atom. The molecule has 0 rings (SSSR count). The molecule has 4 N–H and O–H groups in total. The average molecular weight is 710 g/mol. The molecule has 0 aromatic heterocycles. The lowest BCUT2D eigenvalue weighted by Gasteiger charge is -2.17. The Morgan fingerprint density at radius 1 is 0.510 bits per heavy atom. The van der Waals surface area contributed by atoms with Gasteiger partial charge in [0, 0.05) is 68.5 Å². The smallest absolute Gasteiger partial charge is 0.290 e. The van der Waals surface area contributed by atoms with E-state index in [1.165, 1.54) is 19.6 Å². The summed E-state index contributed by atoms with van der Waals surface area (Å²) in [5.41, 5.74) is 0. The molecule has 19 nitrogen and oxygen atoms in total. The van der Waals surface area contributed by atoms with Crippen molar-refractivity contribution in [3.05, 3.63) is 0 Å². The fourth-order valence-corrected chi connectivity index (χ4v) is 2.13. The van der Waals surface area contributed by atoms with Crippen molar-refractivity contribution >= 4 is 55.7 Å². The van der Waals surface area contributed by atoms with Gasteiger partial charge in [-0.25, -0.2) is 0 Å². The first-order valence-corrected chi connectivity index (χ1v) is 15.3. The number of carboxylic acid groups (broad SMARTS) is 1. The zero-order chi connectivity index (χ0) is 39.8. The van der Waals surface area contributed by atoms with Crippen LogP contribution in [0, 0.1) is 0 Å². The van der Waals surface area contributed by atoms with Crippen molar-refractivity contribution in [1.29, 1.82) is 0 Å². The molecule has 19 heteroatoms. The molecule has 0 aliphatic heterocycles. The Morgan fingerprint density at radius 3 is 0.898 bits per heavy atom. The fourth-order valence-electron chi connectivity index (χ4n) is 2.13. The zero-order valence-corrected chi connectivity index (χ0v) is 31.6. The summed E-state index contributed by atoms with van der Waals surface area (Å²) in [6.45, 7) is 13.5. The van der Waals surface area contributed by atoms with E-state index in [9.17, 15) is 38.4 Å². The van der Waals surface area contributed by atoms with Gasteiger partial charge in [-0.3, -0.25) is 43.2 Å². The first-order chi connectivity index (χ1) is 23.0. The predicted octanol–water partition coefficient (Wildman–Crippen LogP) is -2.55. The molecule has 0 bridgehead atoms. The second-order valence-corrected chi connectivity index (χ2v) is 9.62. The second kappa shape index (κ2) is 43.2. The lowest BCUT2D eigenvalue weighted by Crippen LogP contribution is -2.35. The molecule has 0 fully saturated rings. The number of nitrogens with one attached hydrogen (secondary N) is 3. The molecule has 0 aliphatic rings. The molecule has 0 unspecified atom stereocenters. The summed E-state index contributed by atoms with van der Waals surface area (Å²) in [6, 6.07) is 0. The Hall–Kier alpha value is -4.81. The van der Waals surface area contributed by atoms with Gasteiger partial charge in [0.25, 0.3) is 6.47 Å². The van der Waals surface area contributed by atoms with E-state index in [4.69, 9.17) is 9.90 Å². The van der Waals surface area contributed by atoms with Crippen molar-refractivity contribution in [3.8, 4) is 0 Å². The van der Waals surface area contributed by atoms with Gasteiger partial charge >= 0.3 is 0 Å². The molecular weight excluding hydrogens is 646 g/mol. The minimum atomic E-state index is -0.250. The Balaban J connectivity index is -0.000000118. The molecule has 0 aromatic carbocycles. The van der Waals surface area contributed by atoms with Crippen LogP contribution in [0.5, 0.6) is 0 Å². The van der Waals surface area contributed by atoms with Crippen LogP contribution in [0.25, 0.3) is 0 Å². The Kier molecular flexibility index (Phi) is 49.8. The van der Waals surface area contributed by atoms with Gasteiger partial charge in [-0.05, 0) is 41.3 Å². The Labute approximate surface area is 292 Å². The maximum Gasteiger partial charge on any atom is 0.290 e. The van der Waals surface area contributed by atoms with Crippen LogP contribution in [0.1, 0.15) is 34.6 Å². The zero-order valence-electron chi connectivity index (χ0n) is 31.6. The number of rotatable bonds is 17. The van der Waals surface area contributed by atoms with Crippen molar-refractivity contribution in [2.45, 2.75) is 34.6 Å². The summed E-state index contributed by atoms with van der Waals surface area (Å²) in [6.07, 6.45) is 2.52. The average Bonchev–Trinajstić information content (AvgIpc) is 3.08. The van der Waals surface area contributed by atoms with Crippen LogP contribution < -0.4 is 16.0 Å². The van der Waals surface area contributed by atoms with Gasteiger partial charge < -0.3 is 50.5 Å². The van der Waals surface area contributed by atoms with Gasteiger partial charge in [0.1, 0.15) is 0 Å². The number of likely N-dealkylation sites (N-methyl/N-ethyl adjacent to an activating group) is 8. The highest BCUT2D eigenvalue weighted by molar-refractivity contribution is 5.81. The van der Waals surface area contributed by atoms with Crippen molar-refractivity contribution in [1.82, 2.24) is 45.3 Å². The molecule has 49 heavy (non-hydrogen) atoms. The minimum Gasteiger partial charge on any atom is -0.483 e. The van der Waals surface area contributed by atoms with Crippen molar-refractivity contribution < 1.29 is 48.3 Å². The first kappa shape index (κ1) is 56.5. The summed E-state index contributed by atoms with van der Waals surface area (Å²) >= 11 is 0. The maximum absolute atomic E-state index is 11.1. The van der Waals surface area contributed by atoms with Crippen LogP contribution in [0.3, 0.4) is 0 Å². The largest absolute Gasteiger partial charge is 0.483 e. The standard InChI is InChI=1S/2C7H14N2O2.2C6H12N2O2.C3H9N.CH2O2/c2*1-4-9(3)7(11)5-8(2)6-10;2*1-3-7-6(10)4-8(2)5-9;1-3-4-2;2-1-3/h2*6H,4-5H2,1-3H3;2*5H,3-4H2,1-2H3,(H,7,10);4H,3H2,1-2H3;1H,(H,2,3). The van der Waals surface area contributed by atoms with E-state index < -0.39 is 0 Å². The van der Waals surface area contributed by atoms with Crippen LogP contribution in [-0.4, -0.2) is 198 Å². The molecular formula is C30H63N9O10. The number of hydrogen-bond donors (Lipinski definition) is 4. The van der Waals surface area contributed by atoms with Crippen LogP contribution in [0.4, 0.5) is 0 Å². The topological polar surface area (TPSA) is 229 Å². The predicted molar refractivity (Wildman–Crippen MR) is 187 cm³/mol. The third-order valence-corrected chi connectivity index (χ3v) is 5.18. The first-order valence-electron chi connectivity index (χ1n) is 15.3. The van der Waals surface area contributed by atoms with Crippen molar-refractivity contribution in [2.24, 2.45) is 0 Å². The van der Waals surface area contributed by atoms with E-state index in [0.29, 0.717) is 51.8 Å². The van der Waals surface area contributed by atoms with E-state index >= 15 is 0 Å². The second-order valence-electron chi connectivity index (χ2n) is 9.62. The molecule has 0 radical (unpaired) electrons. The number of carbonyl (C=O) groups is 9. The normalized spacial score (nSPS) is 8.41. The monoisotopic (exact) mass is 709 g/mol. The lowest BCUT2D eigenvalue weighted by atomic mass is 10.5. The van der Waals surface area contributed by atoms with Gasteiger partial charge in [-0.2, -0.15) is 0 Å². The van der Waals surface area contributed by atoms with E-state index in [1.54, 1.807) is 52.1 Å². The molecule has 0 spiro atoms. The molecule has 0 heterocycles.